The van der Waals surface area contributed by atoms with Crippen LogP contribution in [0.1, 0.15) is 57.4 Å². The minimum atomic E-state index is -0.763. The third kappa shape index (κ3) is 3.72. The maximum atomic E-state index is 12.8. The molecule has 0 amide bonds. The summed E-state index contributed by atoms with van der Waals surface area (Å²) in [5.41, 5.74) is 1.01. The van der Waals surface area contributed by atoms with Gasteiger partial charge in [-0.2, -0.15) is 0 Å². The van der Waals surface area contributed by atoms with Crippen LogP contribution in [0.4, 0.5) is 0 Å². The number of ketones is 1. The molecule has 3 nitrogen and oxygen atoms in total. The average molecular weight is 290 g/mol. The zero-order valence-corrected chi connectivity index (χ0v) is 13.1. The van der Waals surface area contributed by atoms with E-state index in [2.05, 4.69) is 13.8 Å². The number of Topliss-reactive ketones (excluding diaryl/α,β-unsaturated/α-hetero) is 1. The Morgan fingerprint density at radius 1 is 1.14 bits per heavy atom. The van der Waals surface area contributed by atoms with Gasteiger partial charge in [0.05, 0.1) is 19.1 Å². The molecule has 0 N–H and O–H groups in total. The predicted molar refractivity (Wildman–Crippen MR) is 83.3 cm³/mol. The van der Waals surface area contributed by atoms with Gasteiger partial charge in [0, 0.05) is 12.8 Å². The second-order valence-corrected chi connectivity index (χ2v) is 5.67. The molecule has 116 valence electrons. The van der Waals surface area contributed by atoms with Crippen LogP contribution in [-0.4, -0.2) is 24.8 Å². The summed E-state index contributed by atoms with van der Waals surface area (Å²) in [6.45, 7) is 5.36. The number of rotatable bonds is 8. The molecule has 1 saturated heterocycles. The molecule has 0 spiro atoms. The summed E-state index contributed by atoms with van der Waals surface area (Å²) in [7, 11) is 0. The SMILES string of the molecule is CCCCC(=O)C(c1ccccc1)C1(CCC)OCCO1. The van der Waals surface area contributed by atoms with Gasteiger partial charge in [0.15, 0.2) is 5.79 Å². The van der Waals surface area contributed by atoms with Gasteiger partial charge < -0.3 is 9.47 Å². The molecule has 1 atom stereocenters. The van der Waals surface area contributed by atoms with E-state index in [4.69, 9.17) is 9.47 Å². The van der Waals surface area contributed by atoms with Crippen molar-refractivity contribution in [3.8, 4) is 0 Å². The number of benzene rings is 1. The zero-order valence-electron chi connectivity index (χ0n) is 13.1. The lowest BCUT2D eigenvalue weighted by Gasteiger charge is -2.35. The van der Waals surface area contributed by atoms with Gasteiger partial charge in [-0.1, -0.05) is 57.0 Å². The highest BCUT2D eigenvalue weighted by Crippen LogP contribution is 2.40. The maximum Gasteiger partial charge on any atom is 0.182 e. The molecule has 0 bridgehead atoms. The molecule has 0 saturated carbocycles. The molecule has 21 heavy (non-hydrogen) atoms. The summed E-state index contributed by atoms with van der Waals surface area (Å²) >= 11 is 0. The molecule has 3 heteroatoms. The Hall–Kier alpha value is -1.19. The van der Waals surface area contributed by atoms with E-state index < -0.39 is 5.79 Å². The lowest BCUT2D eigenvalue weighted by atomic mass is 9.82. The molecular formula is C18H26O3. The maximum absolute atomic E-state index is 12.8. The van der Waals surface area contributed by atoms with Crippen molar-refractivity contribution in [1.29, 1.82) is 0 Å². The topological polar surface area (TPSA) is 35.5 Å². The van der Waals surface area contributed by atoms with E-state index in [9.17, 15) is 4.79 Å². The summed E-state index contributed by atoms with van der Waals surface area (Å²) in [5, 5.41) is 0. The Balaban J connectivity index is 2.32. The fraction of sp³-hybridized carbons (Fsp3) is 0.611. The largest absolute Gasteiger partial charge is 0.346 e. The van der Waals surface area contributed by atoms with Crippen LogP contribution in [0.3, 0.4) is 0 Å². The number of unbranched alkanes of at least 4 members (excludes halogenated alkanes) is 1. The van der Waals surface area contributed by atoms with Gasteiger partial charge in [-0.3, -0.25) is 4.79 Å². The number of carbonyl (C=O) groups excluding carboxylic acids is 1. The molecule has 0 radical (unpaired) electrons. The van der Waals surface area contributed by atoms with Gasteiger partial charge in [0.25, 0.3) is 0 Å². The fourth-order valence-corrected chi connectivity index (χ4v) is 3.10. The van der Waals surface area contributed by atoms with Crippen molar-refractivity contribution in [1.82, 2.24) is 0 Å². The van der Waals surface area contributed by atoms with E-state index in [1.165, 1.54) is 0 Å². The predicted octanol–water partition coefficient (Wildman–Crippen LogP) is 4.07. The van der Waals surface area contributed by atoms with Gasteiger partial charge in [-0.15, -0.1) is 0 Å². The summed E-state index contributed by atoms with van der Waals surface area (Å²) in [6.07, 6.45) is 4.23. The smallest absolute Gasteiger partial charge is 0.182 e. The first kappa shape index (κ1) is 16.2. The highest BCUT2D eigenvalue weighted by Gasteiger charge is 2.47. The van der Waals surface area contributed by atoms with E-state index in [0.29, 0.717) is 19.6 Å². The van der Waals surface area contributed by atoms with Crippen LogP contribution in [-0.2, 0) is 14.3 Å². The Labute approximate surface area is 127 Å². The van der Waals surface area contributed by atoms with E-state index in [-0.39, 0.29) is 11.7 Å². The van der Waals surface area contributed by atoms with E-state index in [0.717, 1.165) is 31.2 Å². The highest BCUT2D eigenvalue weighted by atomic mass is 16.7. The van der Waals surface area contributed by atoms with Crippen LogP contribution in [0.15, 0.2) is 30.3 Å². The average Bonchev–Trinajstić information content (AvgIpc) is 2.96. The Morgan fingerprint density at radius 2 is 1.81 bits per heavy atom. The zero-order chi connectivity index (χ0) is 15.1. The molecule has 0 aromatic heterocycles. The van der Waals surface area contributed by atoms with Crippen LogP contribution in [0.25, 0.3) is 0 Å². The van der Waals surface area contributed by atoms with Crippen molar-refractivity contribution in [2.75, 3.05) is 13.2 Å². The van der Waals surface area contributed by atoms with Gasteiger partial charge in [0.2, 0.25) is 0 Å². The number of ether oxygens (including phenoxy) is 2. The lowest BCUT2D eigenvalue weighted by Crippen LogP contribution is -2.41. The molecule has 2 rings (SSSR count). The van der Waals surface area contributed by atoms with Crippen molar-refractivity contribution in [3.63, 3.8) is 0 Å². The van der Waals surface area contributed by atoms with Gasteiger partial charge in [-0.25, -0.2) is 0 Å². The van der Waals surface area contributed by atoms with Crippen molar-refractivity contribution in [2.24, 2.45) is 0 Å². The first-order chi connectivity index (χ1) is 10.2. The summed E-state index contributed by atoms with van der Waals surface area (Å²) in [6, 6.07) is 9.95. The number of carbonyl (C=O) groups is 1. The standard InChI is InChI=1S/C18H26O3/c1-3-5-11-16(19)17(15-9-7-6-8-10-15)18(12-4-2)20-13-14-21-18/h6-10,17H,3-5,11-14H2,1-2H3. The highest BCUT2D eigenvalue weighted by molar-refractivity contribution is 5.87. The van der Waals surface area contributed by atoms with Crippen LogP contribution in [0.5, 0.6) is 0 Å². The Bertz CT molecular complexity index is 435. The second kappa shape index (κ2) is 7.71. The van der Waals surface area contributed by atoms with Crippen molar-refractivity contribution in [3.05, 3.63) is 35.9 Å². The first-order valence-corrected chi connectivity index (χ1v) is 8.09. The molecule has 1 fully saturated rings. The molecule has 1 aliphatic rings. The van der Waals surface area contributed by atoms with Crippen LogP contribution in [0, 0.1) is 0 Å². The second-order valence-electron chi connectivity index (χ2n) is 5.67. The molecular weight excluding hydrogens is 264 g/mol. The van der Waals surface area contributed by atoms with Crippen LogP contribution in [0.2, 0.25) is 0 Å². The van der Waals surface area contributed by atoms with Crippen molar-refractivity contribution in [2.45, 2.75) is 57.7 Å². The normalized spacial score (nSPS) is 18.6. The molecule has 1 aromatic carbocycles. The quantitative estimate of drug-likeness (QED) is 0.724. The van der Waals surface area contributed by atoms with Crippen molar-refractivity contribution >= 4 is 5.78 Å². The minimum Gasteiger partial charge on any atom is -0.346 e. The molecule has 1 heterocycles. The number of hydrogen-bond donors (Lipinski definition) is 0. The fourth-order valence-electron chi connectivity index (χ4n) is 3.10. The lowest BCUT2D eigenvalue weighted by molar-refractivity contribution is -0.184. The van der Waals surface area contributed by atoms with E-state index in [1.54, 1.807) is 0 Å². The third-order valence-electron chi connectivity index (χ3n) is 4.05. The van der Waals surface area contributed by atoms with Gasteiger partial charge in [0.1, 0.15) is 5.78 Å². The molecule has 1 unspecified atom stereocenters. The Kier molecular flexibility index (Phi) is 5.95. The third-order valence-corrected chi connectivity index (χ3v) is 4.05. The molecule has 1 aliphatic heterocycles. The van der Waals surface area contributed by atoms with Crippen LogP contribution < -0.4 is 0 Å². The van der Waals surface area contributed by atoms with Gasteiger partial charge in [-0.05, 0) is 12.0 Å². The van der Waals surface area contributed by atoms with Crippen molar-refractivity contribution < 1.29 is 14.3 Å². The van der Waals surface area contributed by atoms with Crippen LogP contribution >= 0.6 is 0 Å². The summed E-state index contributed by atoms with van der Waals surface area (Å²) < 4.78 is 11.9. The monoisotopic (exact) mass is 290 g/mol. The summed E-state index contributed by atoms with van der Waals surface area (Å²) in [5.74, 6) is -0.841. The first-order valence-electron chi connectivity index (χ1n) is 8.09. The number of hydrogen-bond acceptors (Lipinski definition) is 3. The summed E-state index contributed by atoms with van der Waals surface area (Å²) in [4.78, 5) is 12.8. The van der Waals surface area contributed by atoms with Gasteiger partial charge >= 0.3 is 0 Å². The Morgan fingerprint density at radius 3 is 2.38 bits per heavy atom. The molecule has 1 aromatic rings. The van der Waals surface area contributed by atoms with E-state index in [1.807, 2.05) is 30.3 Å². The molecule has 0 aliphatic carbocycles. The minimum absolute atomic E-state index is 0.235. The van der Waals surface area contributed by atoms with E-state index >= 15 is 0 Å².